The number of carbonyl (C=O) groups excluding carboxylic acids is 1. The van der Waals surface area contributed by atoms with E-state index in [2.05, 4.69) is 26.5 Å². The largest absolute Gasteiger partial charge is 0.455 e. The van der Waals surface area contributed by atoms with Crippen molar-refractivity contribution in [2.24, 2.45) is 10.2 Å². The molecular formula is C18H14BrN3O4S. The van der Waals surface area contributed by atoms with E-state index >= 15 is 0 Å². The number of hydrogen-bond donors (Lipinski definition) is 2. The van der Waals surface area contributed by atoms with Crippen LogP contribution >= 0.6 is 15.9 Å². The van der Waals surface area contributed by atoms with Crippen molar-refractivity contribution in [1.29, 1.82) is 0 Å². The molecule has 0 aliphatic carbocycles. The van der Waals surface area contributed by atoms with Crippen LogP contribution in [0.1, 0.15) is 16.1 Å². The summed E-state index contributed by atoms with van der Waals surface area (Å²) in [6, 6.07) is 16.2. The number of hydrazone groups is 1. The average Bonchev–Trinajstić information content (AvgIpc) is 3.10. The number of halogens is 1. The Morgan fingerprint density at radius 2 is 1.70 bits per heavy atom. The first-order chi connectivity index (χ1) is 12.8. The lowest BCUT2D eigenvalue weighted by Gasteiger charge is -2.00. The van der Waals surface area contributed by atoms with Crippen molar-refractivity contribution in [2.45, 2.75) is 4.90 Å². The molecule has 1 aromatic heterocycles. The van der Waals surface area contributed by atoms with Gasteiger partial charge in [-0.15, -0.1) is 0 Å². The Balaban J connectivity index is 1.66. The van der Waals surface area contributed by atoms with Gasteiger partial charge in [-0.3, -0.25) is 4.79 Å². The zero-order valence-corrected chi connectivity index (χ0v) is 16.2. The lowest BCUT2D eigenvalue weighted by molar-refractivity contribution is 0.0955. The molecule has 3 N–H and O–H groups in total. The number of amides is 1. The van der Waals surface area contributed by atoms with Crippen molar-refractivity contribution >= 4 is 38.1 Å². The fourth-order valence-corrected chi connectivity index (χ4v) is 2.99. The van der Waals surface area contributed by atoms with Crippen LogP contribution in [0.3, 0.4) is 0 Å². The number of benzene rings is 2. The summed E-state index contributed by atoms with van der Waals surface area (Å²) >= 11 is 3.30. The monoisotopic (exact) mass is 447 g/mol. The highest BCUT2D eigenvalue weighted by Crippen LogP contribution is 2.23. The van der Waals surface area contributed by atoms with Crippen LogP contribution in [-0.2, 0) is 10.0 Å². The summed E-state index contributed by atoms with van der Waals surface area (Å²) in [5.74, 6) is 0.609. The van der Waals surface area contributed by atoms with Crippen molar-refractivity contribution in [2.75, 3.05) is 0 Å². The van der Waals surface area contributed by atoms with Crippen molar-refractivity contribution in [3.05, 3.63) is 76.5 Å². The first-order valence-corrected chi connectivity index (χ1v) is 9.99. The summed E-state index contributed by atoms with van der Waals surface area (Å²) in [5.41, 5.74) is 3.57. The maximum atomic E-state index is 12.0. The van der Waals surface area contributed by atoms with E-state index in [0.29, 0.717) is 22.6 Å². The minimum absolute atomic E-state index is 0.0234. The molecule has 0 unspecified atom stereocenters. The molecule has 7 nitrogen and oxygen atoms in total. The van der Waals surface area contributed by atoms with Gasteiger partial charge in [0.25, 0.3) is 5.91 Å². The second kappa shape index (κ2) is 7.87. The molecule has 0 saturated heterocycles. The van der Waals surface area contributed by atoms with Crippen molar-refractivity contribution < 1.29 is 17.6 Å². The molecule has 3 rings (SSSR count). The van der Waals surface area contributed by atoms with Crippen LogP contribution in [0, 0.1) is 0 Å². The Morgan fingerprint density at radius 1 is 1.04 bits per heavy atom. The van der Waals surface area contributed by atoms with Gasteiger partial charge in [0, 0.05) is 15.6 Å². The third-order valence-electron chi connectivity index (χ3n) is 3.56. The molecule has 2 aromatic carbocycles. The lowest BCUT2D eigenvalue weighted by atomic mass is 10.2. The molecule has 0 saturated carbocycles. The zero-order chi connectivity index (χ0) is 19.4. The predicted molar refractivity (Wildman–Crippen MR) is 105 cm³/mol. The van der Waals surface area contributed by atoms with Gasteiger partial charge in [0.15, 0.2) is 0 Å². The Morgan fingerprint density at radius 3 is 2.33 bits per heavy atom. The van der Waals surface area contributed by atoms with Gasteiger partial charge in [0.2, 0.25) is 10.0 Å². The van der Waals surface area contributed by atoms with Gasteiger partial charge in [0.05, 0.1) is 11.1 Å². The molecule has 0 spiro atoms. The molecule has 27 heavy (non-hydrogen) atoms. The maximum Gasteiger partial charge on any atom is 0.271 e. The van der Waals surface area contributed by atoms with Crippen molar-refractivity contribution in [3.8, 4) is 11.3 Å². The number of sulfonamides is 1. The molecule has 9 heteroatoms. The average molecular weight is 448 g/mol. The maximum absolute atomic E-state index is 12.0. The minimum Gasteiger partial charge on any atom is -0.455 e. The fraction of sp³-hybridized carbons (Fsp3) is 0. The second-order valence-electron chi connectivity index (χ2n) is 5.48. The first kappa shape index (κ1) is 19.0. The Labute approximate surface area is 164 Å². The van der Waals surface area contributed by atoms with Crippen LogP contribution in [0.15, 0.2) is 79.6 Å². The Hall–Kier alpha value is -2.75. The van der Waals surface area contributed by atoms with E-state index in [4.69, 9.17) is 9.56 Å². The molecule has 1 heterocycles. The Kier molecular flexibility index (Phi) is 5.54. The van der Waals surface area contributed by atoms with Gasteiger partial charge in [-0.05, 0) is 60.7 Å². The molecule has 3 aromatic rings. The van der Waals surface area contributed by atoms with E-state index in [0.717, 1.165) is 4.47 Å². The number of nitrogens with zero attached hydrogens (tertiary/aromatic N) is 1. The van der Waals surface area contributed by atoms with E-state index in [9.17, 15) is 13.2 Å². The number of nitrogens with two attached hydrogens (primary N) is 1. The van der Waals surface area contributed by atoms with E-state index in [1.165, 1.54) is 18.3 Å². The molecule has 0 aliphatic heterocycles. The molecule has 138 valence electrons. The summed E-state index contributed by atoms with van der Waals surface area (Å²) in [6.45, 7) is 0. The highest BCUT2D eigenvalue weighted by atomic mass is 79.9. The SMILES string of the molecule is NS(=O)(=O)c1ccc(-c2ccc(/C=N\NC(=O)c3ccc(Br)cc3)o2)cc1. The lowest BCUT2D eigenvalue weighted by Crippen LogP contribution is -2.17. The number of furan rings is 1. The van der Waals surface area contributed by atoms with Crippen molar-refractivity contribution in [1.82, 2.24) is 5.43 Å². The topological polar surface area (TPSA) is 115 Å². The van der Waals surface area contributed by atoms with Gasteiger partial charge in [-0.25, -0.2) is 19.0 Å². The standard InChI is InChI=1S/C18H14BrN3O4S/c19-14-5-1-13(2-6-14)18(23)22-21-11-15-7-10-17(26-15)12-3-8-16(9-4-12)27(20,24)25/h1-11H,(H,22,23)(H2,20,24,25)/b21-11-. The Bertz CT molecular complexity index is 1090. The van der Waals surface area contributed by atoms with Gasteiger partial charge < -0.3 is 4.42 Å². The number of nitrogens with one attached hydrogen (secondary N) is 1. The normalized spacial score (nSPS) is 11.6. The highest BCUT2D eigenvalue weighted by Gasteiger charge is 2.09. The van der Waals surface area contributed by atoms with E-state index in [1.807, 2.05) is 0 Å². The molecule has 0 fully saturated rings. The van der Waals surface area contributed by atoms with Gasteiger partial charge in [-0.2, -0.15) is 5.10 Å². The van der Waals surface area contributed by atoms with Crippen LogP contribution < -0.4 is 10.6 Å². The van der Waals surface area contributed by atoms with Crippen molar-refractivity contribution in [3.63, 3.8) is 0 Å². The highest BCUT2D eigenvalue weighted by molar-refractivity contribution is 9.10. The molecule has 0 aliphatic rings. The van der Waals surface area contributed by atoms with Crippen LogP contribution in [0.2, 0.25) is 0 Å². The van der Waals surface area contributed by atoms with Gasteiger partial charge in [0.1, 0.15) is 11.5 Å². The molecule has 0 radical (unpaired) electrons. The van der Waals surface area contributed by atoms with Crippen LogP contribution in [0.4, 0.5) is 0 Å². The number of primary sulfonamides is 1. The van der Waals surface area contributed by atoms with Gasteiger partial charge in [-0.1, -0.05) is 15.9 Å². The summed E-state index contributed by atoms with van der Waals surface area (Å²) in [7, 11) is -3.74. The molecular weight excluding hydrogens is 434 g/mol. The van der Waals surface area contributed by atoms with Gasteiger partial charge >= 0.3 is 0 Å². The third-order valence-corrected chi connectivity index (χ3v) is 5.02. The van der Waals surface area contributed by atoms with Crippen LogP contribution in [0.5, 0.6) is 0 Å². The second-order valence-corrected chi connectivity index (χ2v) is 7.95. The summed E-state index contributed by atoms with van der Waals surface area (Å²) in [5, 5.41) is 8.94. The molecule has 1 amide bonds. The third kappa shape index (κ3) is 4.91. The van der Waals surface area contributed by atoms with E-state index in [-0.39, 0.29) is 10.8 Å². The molecule has 0 atom stereocenters. The molecule has 0 bridgehead atoms. The minimum atomic E-state index is -3.74. The number of hydrogen-bond acceptors (Lipinski definition) is 5. The summed E-state index contributed by atoms with van der Waals surface area (Å²) < 4.78 is 29.0. The van der Waals surface area contributed by atoms with E-state index in [1.54, 1.807) is 48.5 Å². The first-order valence-electron chi connectivity index (χ1n) is 7.65. The quantitative estimate of drug-likeness (QED) is 0.461. The van der Waals surface area contributed by atoms with E-state index < -0.39 is 10.0 Å². The summed E-state index contributed by atoms with van der Waals surface area (Å²) in [6.07, 6.45) is 1.37. The van der Waals surface area contributed by atoms with Crippen LogP contribution in [0.25, 0.3) is 11.3 Å². The van der Waals surface area contributed by atoms with Crippen LogP contribution in [-0.4, -0.2) is 20.5 Å². The summed E-state index contributed by atoms with van der Waals surface area (Å²) in [4.78, 5) is 12.0. The predicted octanol–water partition coefficient (Wildman–Crippen LogP) is 3.12. The smallest absolute Gasteiger partial charge is 0.271 e. The fourth-order valence-electron chi connectivity index (χ4n) is 2.21. The number of rotatable bonds is 5. The zero-order valence-electron chi connectivity index (χ0n) is 13.8. The number of carbonyl (C=O) groups is 1.